The van der Waals surface area contributed by atoms with Gasteiger partial charge in [-0.15, -0.1) is 0 Å². The summed E-state index contributed by atoms with van der Waals surface area (Å²) in [6.45, 7) is 1.80. The van der Waals surface area contributed by atoms with Crippen molar-refractivity contribution in [3.05, 3.63) is 30.1 Å². The molecule has 1 saturated heterocycles. The van der Waals surface area contributed by atoms with Gasteiger partial charge in [0, 0.05) is 12.2 Å². The maximum Gasteiger partial charge on any atom is 0.411 e. The molecule has 5 heteroatoms. The van der Waals surface area contributed by atoms with E-state index in [0.717, 1.165) is 25.9 Å². The van der Waals surface area contributed by atoms with E-state index in [4.69, 9.17) is 4.74 Å². The number of piperidine rings is 1. The third-order valence-electron chi connectivity index (χ3n) is 2.95. The maximum atomic E-state index is 12.7. The van der Waals surface area contributed by atoms with Gasteiger partial charge in [-0.2, -0.15) is 0 Å². The highest BCUT2D eigenvalue weighted by Gasteiger charge is 2.20. The van der Waals surface area contributed by atoms with E-state index < -0.39 is 6.09 Å². The van der Waals surface area contributed by atoms with Gasteiger partial charge < -0.3 is 9.64 Å². The SMILES string of the molecule is CN1CCCC(OC(=O)Nc2ccc(F)cc2)C1. The normalized spacial score (nSPS) is 20.4. The summed E-state index contributed by atoms with van der Waals surface area (Å²) in [5, 5.41) is 2.58. The Bertz CT molecular complexity index is 408. The highest BCUT2D eigenvalue weighted by molar-refractivity contribution is 5.84. The third kappa shape index (κ3) is 3.70. The van der Waals surface area contributed by atoms with Crippen molar-refractivity contribution < 1.29 is 13.9 Å². The number of likely N-dealkylation sites (tertiary alicyclic amines) is 1. The van der Waals surface area contributed by atoms with Crippen LogP contribution in [0.1, 0.15) is 12.8 Å². The topological polar surface area (TPSA) is 41.6 Å². The lowest BCUT2D eigenvalue weighted by Gasteiger charge is -2.29. The fraction of sp³-hybridized carbons (Fsp3) is 0.462. The predicted octanol–water partition coefficient (Wildman–Crippen LogP) is 2.47. The van der Waals surface area contributed by atoms with Gasteiger partial charge in [-0.1, -0.05) is 0 Å². The van der Waals surface area contributed by atoms with Crippen molar-refractivity contribution in [2.45, 2.75) is 18.9 Å². The van der Waals surface area contributed by atoms with Crippen LogP contribution in [0.2, 0.25) is 0 Å². The average molecular weight is 252 g/mol. The number of carbonyl (C=O) groups is 1. The molecule has 1 heterocycles. The van der Waals surface area contributed by atoms with Crippen LogP contribution >= 0.6 is 0 Å². The number of ether oxygens (including phenoxy) is 1. The summed E-state index contributed by atoms with van der Waals surface area (Å²) in [5.41, 5.74) is 0.533. The van der Waals surface area contributed by atoms with Gasteiger partial charge >= 0.3 is 6.09 Å². The van der Waals surface area contributed by atoms with Crippen molar-refractivity contribution in [2.75, 3.05) is 25.5 Å². The van der Waals surface area contributed by atoms with Crippen molar-refractivity contribution in [2.24, 2.45) is 0 Å². The van der Waals surface area contributed by atoms with Crippen molar-refractivity contribution in [3.63, 3.8) is 0 Å². The Labute approximate surface area is 106 Å². The van der Waals surface area contributed by atoms with Crippen molar-refractivity contribution in [3.8, 4) is 0 Å². The standard InChI is InChI=1S/C13H17FN2O2/c1-16-8-2-3-12(9-16)18-13(17)15-11-6-4-10(14)5-7-11/h4-7,12H,2-3,8-9H2,1H3,(H,15,17). The molecular weight excluding hydrogens is 235 g/mol. The quantitative estimate of drug-likeness (QED) is 0.879. The van der Waals surface area contributed by atoms with Crippen LogP contribution in [0.15, 0.2) is 24.3 Å². The number of carbonyl (C=O) groups excluding carboxylic acids is 1. The minimum Gasteiger partial charge on any atom is -0.445 e. The summed E-state index contributed by atoms with van der Waals surface area (Å²) < 4.78 is 18.0. The highest BCUT2D eigenvalue weighted by Crippen LogP contribution is 2.13. The minimum atomic E-state index is -0.484. The predicted molar refractivity (Wildman–Crippen MR) is 67.0 cm³/mol. The molecule has 18 heavy (non-hydrogen) atoms. The molecule has 1 aliphatic rings. The van der Waals surface area contributed by atoms with Gasteiger partial charge in [-0.25, -0.2) is 9.18 Å². The van der Waals surface area contributed by atoms with E-state index in [1.54, 1.807) is 0 Å². The van der Waals surface area contributed by atoms with Crippen molar-refractivity contribution in [1.82, 2.24) is 4.90 Å². The second-order valence-corrected chi connectivity index (χ2v) is 4.56. The number of amides is 1. The Morgan fingerprint density at radius 2 is 2.17 bits per heavy atom. The molecule has 0 aromatic heterocycles. The fourth-order valence-corrected chi connectivity index (χ4v) is 2.05. The van der Waals surface area contributed by atoms with Crippen molar-refractivity contribution in [1.29, 1.82) is 0 Å². The first-order valence-corrected chi connectivity index (χ1v) is 6.05. The number of nitrogens with one attached hydrogen (secondary N) is 1. The van der Waals surface area contributed by atoms with Crippen LogP contribution in [0.3, 0.4) is 0 Å². The van der Waals surface area contributed by atoms with Gasteiger partial charge in [0.2, 0.25) is 0 Å². The van der Waals surface area contributed by atoms with Crippen LogP contribution in [-0.2, 0) is 4.74 Å². The Kier molecular flexibility index (Phi) is 4.15. The number of rotatable bonds is 2. The number of benzene rings is 1. The molecule has 1 fully saturated rings. The Hall–Kier alpha value is -1.62. The zero-order valence-corrected chi connectivity index (χ0v) is 10.4. The second kappa shape index (κ2) is 5.82. The van der Waals surface area contributed by atoms with Crippen LogP contribution in [0.25, 0.3) is 0 Å². The first-order chi connectivity index (χ1) is 8.63. The fourth-order valence-electron chi connectivity index (χ4n) is 2.05. The van der Waals surface area contributed by atoms with E-state index in [1.165, 1.54) is 24.3 Å². The minimum absolute atomic E-state index is 0.0656. The molecule has 1 N–H and O–H groups in total. The molecule has 1 unspecified atom stereocenters. The van der Waals surface area contributed by atoms with E-state index in [-0.39, 0.29) is 11.9 Å². The number of anilines is 1. The Morgan fingerprint density at radius 3 is 2.83 bits per heavy atom. The molecule has 0 saturated carbocycles. The first kappa shape index (κ1) is 12.8. The highest BCUT2D eigenvalue weighted by atomic mass is 19.1. The van der Waals surface area contributed by atoms with Gasteiger partial charge in [-0.3, -0.25) is 5.32 Å². The first-order valence-electron chi connectivity index (χ1n) is 6.05. The van der Waals surface area contributed by atoms with Crippen molar-refractivity contribution >= 4 is 11.8 Å². The summed E-state index contributed by atoms with van der Waals surface area (Å²) in [5.74, 6) is -0.331. The molecule has 0 aliphatic carbocycles. The molecule has 2 rings (SSSR count). The van der Waals surface area contributed by atoms with Gasteiger partial charge in [0.1, 0.15) is 11.9 Å². The lowest BCUT2D eigenvalue weighted by atomic mass is 10.1. The summed E-state index contributed by atoms with van der Waals surface area (Å²) >= 11 is 0. The molecule has 1 aliphatic heterocycles. The van der Waals surface area contributed by atoms with Gasteiger partial charge in [0.25, 0.3) is 0 Å². The van der Waals surface area contributed by atoms with Gasteiger partial charge in [-0.05, 0) is 50.7 Å². The Morgan fingerprint density at radius 1 is 1.44 bits per heavy atom. The summed E-state index contributed by atoms with van der Waals surface area (Å²) in [7, 11) is 2.01. The molecular formula is C13H17FN2O2. The maximum absolute atomic E-state index is 12.7. The monoisotopic (exact) mass is 252 g/mol. The zero-order valence-electron chi connectivity index (χ0n) is 10.4. The van der Waals surface area contributed by atoms with E-state index in [1.807, 2.05) is 7.05 Å². The lowest BCUT2D eigenvalue weighted by Crippen LogP contribution is -2.38. The molecule has 0 bridgehead atoms. The molecule has 0 spiro atoms. The smallest absolute Gasteiger partial charge is 0.411 e. The molecule has 98 valence electrons. The van der Waals surface area contributed by atoms with Gasteiger partial charge in [0.05, 0.1) is 0 Å². The molecule has 4 nitrogen and oxygen atoms in total. The molecule has 1 aromatic carbocycles. The zero-order chi connectivity index (χ0) is 13.0. The number of hydrogen-bond acceptors (Lipinski definition) is 3. The van der Waals surface area contributed by atoms with Gasteiger partial charge in [0.15, 0.2) is 0 Å². The Balaban J connectivity index is 1.83. The molecule has 0 radical (unpaired) electrons. The average Bonchev–Trinajstić information content (AvgIpc) is 2.32. The summed E-state index contributed by atoms with van der Waals surface area (Å²) in [6, 6.07) is 5.60. The van der Waals surface area contributed by atoms with E-state index in [2.05, 4.69) is 10.2 Å². The number of likely N-dealkylation sites (N-methyl/N-ethyl adjacent to an activating group) is 1. The van der Waals surface area contributed by atoms with Crippen LogP contribution < -0.4 is 5.32 Å². The number of hydrogen-bond donors (Lipinski definition) is 1. The molecule has 1 atom stereocenters. The van der Waals surface area contributed by atoms with Crippen LogP contribution in [0.4, 0.5) is 14.9 Å². The largest absolute Gasteiger partial charge is 0.445 e. The van der Waals surface area contributed by atoms with E-state index >= 15 is 0 Å². The number of halogens is 1. The molecule has 1 amide bonds. The number of nitrogens with zero attached hydrogens (tertiary/aromatic N) is 1. The van der Waals surface area contributed by atoms with Crippen LogP contribution in [0.5, 0.6) is 0 Å². The van der Waals surface area contributed by atoms with E-state index in [0.29, 0.717) is 5.69 Å². The third-order valence-corrected chi connectivity index (χ3v) is 2.95. The second-order valence-electron chi connectivity index (χ2n) is 4.56. The van der Waals surface area contributed by atoms with Crippen LogP contribution in [-0.4, -0.2) is 37.2 Å². The summed E-state index contributed by atoms with van der Waals surface area (Å²) in [6.07, 6.45) is 1.37. The van der Waals surface area contributed by atoms with E-state index in [9.17, 15) is 9.18 Å². The summed E-state index contributed by atoms with van der Waals surface area (Å²) in [4.78, 5) is 13.8. The lowest BCUT2D eigenvalue weighted by molar-refractivity contribution is 0.0593. The molecule has 1 aromatic rings. The van der Waals surface area contributed by atoms with Crippen LogP contribution in [0, 0.1) is 5.82 Å².